The Bertz CT molecular complexity index is 599. The van der Waals surface area contributed by atoms with Gasteiger partial charge in [0.2, 0.25) is 5.91 Å². The van der Waals surface area contributed by atoms with Gasteiger partial charge >= 0.3 is 5.97 Å². The molecule has 1 fully saturated rings. The Morgan fingerprint density at radius 2 is 1.95 bits per heavy atom. The molecular formula is C14H16N2O5. The summed E-state index contributed by atoms with van der Waals surface area (Å²) < 4.78 is 5.16. The number of nitrogens with two attached hydrogens (primary N) is 1. The molecule has 1 saturated heterocycles. The van der Waals surface area contributed by atoms with Crippen LogP contribution in [0.25, 0.3) is 0 Å². The van der Waals surface area contributed by atoms with Crippen LogP contribution in [0, 0.1) is 6.92 Å². The fourth-order valence-corrected chi connectivity index (χ4v) is 2.20. The normalized spacial score (nSPS) is 21.0. The van der Waals surface area contributed by atoms with Gasteiger partial charge < -0.3 is 20.9 Å². The number of ether oxygens (including phenoxy) is 1. The van der Waals surface area contributed by atoms with Crippen LogP contribution in [0.2, 0.25) is 0 Å². The number of primary amides is 1. The van der Waals surface area contributed by atoms with Gasteiger partial charge in [-0.05, 0) is 37.5 Å². The Hall–Kier alpha value is -2.41. The van der Waals surface area contributed by atoms with Crippen LogP contribution < -0.4 is 11.1 Å². The van der Waals surface area contributed by atoms with E-state index in [2.05, 4.69) is 5.32 Å². The van der Waals surface area contributed by atoms with Crippen molar-refractivity contribution in [2.24, 2.45) is 5.73 Å². The molecule has 0 aromatic heterocycles. The average Bonchev–Trinajstić information content (AvgIpc) is 2.90. The van der Waals surface area contributed by atoms with Crippen LogP contribution in [0.1, 0.15) is 28.8 Å². The predicted octanol–water partition coefficient (Wildman–Crippen LogP) is 0.665. The predicted molar refractivity (Wildman–Crippen MR) is 73.9 cm³/mol. The van der Waals surface area contributed by atoms with Crippen molar-refractivity contribution >= 4 is 23.5 Å². The van der Waals surface area contributed by atoms with Crippen LogP contribution in [0.5, 0.6) is 0 Å². The fourth-order valence-electron chi connectivity index (χ4n) is 2.20. The van der Waals surface area contributed by atoms with Crippen molar-refractivity contribution in [3.05, 3.63) is 29.3 Å². The second-order valence-corrected chi connectivity index (χ2v) is 4.91. The van der Waals surface area contributed by atoms with E-state index in [0.717, 1.165) is 0 Å². The van der Waals surface area contributed by atoms with Crippen molar-refractivity contribution in [3.8, 4) is 0 Å². The maximum atomic E-state index is 12.0. The van der Waals surface area contributed by atoms with E-state index in [0.29, 0.717) is 29.7 Å². The molecule has 1 aromatic rings. The number of nitrogens with one attached hydrogen (secondary N) is 1. The zero-order valence-corrected chi connectivity index (χ0v) is 11.5. The quantitative estimate of drug-likeness (QED) is 0.753. The number of carbonyl (C=O) groups excluding carboxylic acids is 2. The summed E-state index contributed by atoms with van der Waals surface area (Å²) in [6.07, 6.45) is -1.10. The minimum Gasteiger partial charge on any atom is -0.479 e. The molecule has 4 N–H and O–H groups in total. The molecule has 0 radical (unpaired) electrons. The Kier molecular flexibility index (Phi) is 4.23. The van der Waals surface area contributed by atoms with Gasteiger partial charge in [0.25, 0.3) is 5.91 Å². The van der Waals surface area contributed by atoms with E-state index in [1.54, 1.807) is 19.1 Å². The monoisotopic (exact) mass is 292 g/mol. The van der Waals surface area contributed by atoms with Crippen molar-refractivity contribution in [3.63, 3.8) is 0 Å². The zero-order valence-electron chi connectivity index (χ0n) is 11.5. The van der Waals surface area contributed by atoms with Crippen molar-refractivity contribution in [1.82, 2.24) is 0 Å². The summed E-state index contributed by atoms with van der Waals surface area (Å²) in [6, 6.07) is 4.80. The summed E-state index contributed by atoms with van der Waals surface area (Å²) in [6.45, 7) is 1.74. The molecule has 1 aliphatic rings. The van der Waals surface area contributed by atoms with E-state index in [1.807, 2.05) is 0 Å². The van der Waals surface area contributed by atoms with Crippen LogP contribution in [-0.4, -0.2) is 35.1 Å². The number of anilines is 1. The molecule has 0 aliphatic carbocycles. The third-order valence-corrected chi connectivity index (χ3v) is 3.36. The highest BCUT2D eigenvalue weighted by Gasteiger charge is 2.34. The number of rotatable bonds is 4. The summed E-state index contributed by atoms with van der Waals surface area (Å²) in [4.78, 5) is 34.0. The van der Waals surface area contributed by atoms with Crippen molar-refractivity contribution < 1.29 is 24.2 Å². The lowest BCUT2D eigenvalue weighted by Gasteiger charge is -2.13. The molecule has 1 heterocycles. The van der Waals surface area contributed by atoms with Gasteiger partial charge in [-0.1, -0.05) is 6.07 Å². The van der Waals surface area contributed by atoms with Crippen molar-refractivity contribution in [2.75, 3.05) is 5.32 Å². The molecule has 112 valence electrons. The van der Waals surface area contributed by atoms with Gasteiger partial charge in [-0.2, -0.15) is 0 Å². The highest BCUT2D eigenvalue weighted by Crippen LogP contribution is 2.22. The minimum absolute atomic E-state index is 0.299. The number of benzene rings is 1. The Morgan fingerprint density at radius 1 is 1.29 bits per heavy atom. The number of aliphatic carboxylic acids is 1. The standard InChI is InChI=1S/C14H16N2O5/c1-7-2-3-8(6-9(7)12(15)17)16-13(18)10-4-5-11(21-10)14(19)20/h2-3,6,10-11H,4-5H2,1H3,(H2,15,17)(H,16,18)(H,19,20)/t10-,11+/m0/s1. The molecule has 21 heavy (non-hydrogen) atoms. The highest BCUT2D eigenvalue weighted by molar-refractivity contribution is 5.98. The van der Waals surface area contributed by atoms with Crippen LogP contribution in [0.15, 0.2) is 18.2 Å². The fraction of sp³-hybridized carbons (Fsp3) is 0.357. The molecule has 7 heteroatoms. The molecule has 0 spiro atoms. The smallest absolute Gasteiger partial charge is 0.332 e. The van der Waals surface area contributed by atoms with E-state index in [4.69, 9.17) is 15.6 Å². The van der Waals surface area contributed by atoms with Gasteiger partial charge in [-0.25, -0.2) is 4.79 Å². The van der Waals surface area contributed by atoms with Gasteiger partial charge in [0, 0.05) is 11.3 Å². The summed E-state index contributed by atoms with van der Waals surface area (Å²) in [5.41, 5.74) is 6.70. The largest absolute Gasteiger partial charge is 0.479 e. The van der Waals surface area contributed by atoms with Crippen molar-refractivity contribution in [1.29, 1.82) is 0 Å². The zero-order chi connectivity index (χ0) is 15.6. The minimum atomic E-state index is -1.07. The van der Waals surface area contributed by atoms with Crippen molar-refractivity contribution in [2.45, 2.75) is 32.0 Å². The van der Waals surface area contributed by atoms with E-state index in [9.17, 15) is 14.4 Å². The van der Waals surface area contributed by atoms with Gasteiger partial charge in [-0.3, -0.25) is 9.59 Å². The molecular weight excluding hydrogens is 276 g/mol. The van der Waals surface area contributed by atoms with Crippen LogP contribution in [-0.2, 0) is 14.3 Å². The van der Waals surface area contributed by atoms with Gasteiger partial charge in [0.05, 0.1) is 0 Å². The molecule has 2 rings (SSSR count). The number of hydrogen-bond donors (Lipinski definition) is 3. The van der Waals surface area contributed by atoms with E-state index >= 15 is 0 Å². The first-order valence-corrected chi connectivity index (χ1v) is 6.48. The van der Waals surface area contributed by atoms with E-state index in [1.165, 1.54) is 6.07 Å². The number of amides is 2. The molecule has 1 aliphatic heterocycles. The lowest BCUT2D eigenvalue weighted by Crippen LogP contribution is -2.30. The molecule has 2 atom stereocenters. The summed E-state index contributed by atoms with van der Waals surface area (Å²) in [5, 5.41) is 11.4. The maximum absolute atomic E-state index is 12.0. The lowest BCUT2D eigenvalue weighted by atomic mass is 10.1. The van der Waals surface area contributed by atoms with E-state index in [-0.39, 0.29) is 0 Å². The Balaban J connectivity index is 2.05. The first kappa shape index (κ1) is 15.0. The highest BCUT2D eigenvalue weighted by atomic mass is 16.5. The molecule has 0 bridgehead atoms. The number of aryl methyl sites for hydroxylation is 1. The summed E-state index contributed by atoms with van der Waals surface area (Å²) >= 11 is 0. The second-order valence-electron chi connectivity index (χ2n) is 4.91. The average molecular weight is 292 g/mol. The number of carbonyl (C=O) groups is 3. The van der Waals surface area contributed by atoms with E-state index < -0.39 is 30.0 Å². The third kappa shape index (κ3) is 3.38. The van der Waals surface area contributed by atoms with Crippen LogP contribution in [0.3, 0.4) is 0 Å². The SMILES string of the molecule is Cc1ccc(NC(=O)[C@@H]2CC[C@H](C(=O)O)O2)cc1C(N)=O. The Labute approximate surface area is 121 Å². The number of carboxylic acid groups (broad SMARTS) is 1. The number of carboxylic acids is 1. The summed E-state index contributed by atoms with van der Waals surface area (Å²) in [7, 11) is 0. The summed E-state index contributed by atoms with van der Waals surface area (Å²) in [5.74, 6) is -2.08. The lowest BCUT2D eigenvalue weighted by molar-refractivity contribution is -0.150. The molecule has 0 unspecified atom stereocenters. The molecule has 7 nitrogen and oxygen atoms in total. The number of hydrogen-bond acceptors (Lipinski definition) is 4. The molecule has 1 aromatic carbocycles. The first-order valence-electron chi connectivity index (χ1n) is 6.48. The van der Waals surface area contributed by atoms with Gasteiger partial charge in [0.15, 0.2) is 6.10 Å². The molecule has 2 amide bonds. The third-order valence-electron chi connectivity index (χ3n) is 3.36. The topological polar surface area (TPSA) is 119 Å². The second kappa shape index (κ2) is 5.92. The van der Waals surface area contributed by atoms with Crippen LogP contribution in [0.4, 0.5) is 5.69 Å². The molecule has 0 saturated carbocycles. The first-order chi connectivity index (χ1) is 9.88. The Morgan fingerprint density at radius 3 is 2.52 bits per heavy atom. The van der Waals surface area contributed by atoms with Gasteiger partial charge in [-0.15, -0.1) is 0 Å². The van der Waals surface area contributed by atoms with Gasteiger partial charge in [0.1, 0.15) is 6.10 Å². The van der Waals surface area contributed by atoms with Crippen LogP contribution >= 0.6 is 0 Å². The maximum Gasteiger partial charge on any atom is 0.332 e.